The Morgan fingerprint density at radius 3 is 2.53 bits per heavy atom. The van der Waals surface area contributed by atoms with Crippen LogP contribution in [0.4, 0.5) is 4.39 Å². The molecule has 0 amide bonds. The van der Waals surface area contributed by atoms with E-state index in [2.05, 4.69) is 23.8 Å². The van der Waals surface area contributed by atoms with Crippen molar-refractivity contribution in [1.29, 1.82) is 0 Å². The van der Waals surface area contributed by atoms with Crippen LogP contribution in [0.2, 0.25) is 0 Å². The van der Waals surface area contributed by atoms with E-state index < -0.39 is 15.1 Å². The predicted octanol–water partition coefficient (Wildman–Crippen LogP) is 4.03. The zero-order valence-corrected chi connectivity index (χ0v) is 17.8. The van der Waals surface area contributed by atoms with Crippen molar-refractivity contribution in [2.24, 2.45) is 0 Å². The quantitative estimate of drug-likeness (QED) is 0.633. The Hall–Kier alpha value is -2.51. The molecule has 0 radical (unpaired) electrons. The summed E-state index contributed by atoms with van der Waals surface area (Å²) in [6.07, 6.45) is 3.90. The highest BCUT2D eigenvalue weighted by Gasteiger charge is 2.50. The van der Waals surface area contributed by atoms with Crippen LogP contribution in [-0.2, 0) is 16.4 Å². The summed E-state index contributed by atoms with van der Waals surface area (Å²) in [4.78, 5) is 2.66. The minimum atomic E-state index is -3.34. The predicted molar refractivity (Wildman–Crippen MR) is 113 cm³/mol. The number of benzene rings is 2. The number of likely N-dealkylation sites (tertiary alicyclic amines) is 1. The summed E-state index contributed by atoms with van der Waals surface area (Å²) in [5, 5.41) is 3.98. The molecule has 2 aromatic carbocycles. The minimum absolute atomic E-state index is 0.0365. The van der Waals surface area contributed by atoms with Gasteiger partial charge in [-0.15, -0.1) is 0 Å². The van der Waals surface area contributed by atoms with Crippen molar-refractivity contribution in [2.45, 2.75) is 42.5 Å². The fraction of sp³-hybridized carbons (Fsp3) is 0.348. The van der Waals surface area contributed by atoms with E-state index in [0.29, 0.717) is 30.6 Å². The largest absolute Gasteiger partial charge is 0.297 e. The zero-order chi connectivity index (χ0) is 21.0. The first-order valence-electron chi connectivity index (χ1n) is 10.2. The molecule has 3 heterocycles. The topological polar surface area (TPSA) is 55.2 Å². The highest BCUT2D eigenvalue weighted by atomic mass is 32.2. The Bertz CT molecular complexity index is 1200. The number of sulfone groups is 1. The van der Waals surface area contributed by atoms with Crippen LogP contribution >= 0.6 is 0 Å². The van der Waals surface area contributed by atoms with Crippen molar-refractivity contribution >= 4 is 9.84 Å². The molecule has 2 atom stereocenters. The Balaban J connectivity index is 1.43. The standard InChI is InChI=1S/C23H24FN3O2S/c1-15(2)27-12-16(10-25-27)11-26-13-21-20-9-18(17-3-6-19(24)7-4-17)5-8-22(20)30(28,29)23(21)14-26/h3-10,12,15,21,23H,11,13-14H2,1-2H3/t21-,23+/m0/s1. The maximum Gasteiger partial charge on any atom is 0.183 e. The molecule has 5 rings (SSSR count). The third-order valence-electron chi connectivity index (χ3n) is 6.22. The summed E-state index contributed by atoms with van der Waals surface area (Å²) in [6, 6.07) is 12.1. The van der Waals surface area contributed by atoms with Crippen LogP contribution in [0.15, 0.2) is 59.8 Å². The Labute approximate surface area is 176 Å². The highest BCUT2D eigenvalue weighted by Crippen LogP contribution is 2.46. The van der Waals surface area contributed by atoms with Crippen molar-refractivity contribution in [3.8, 4) is 11.1 Å². The normalized spacial score (nSPS) is 22.4. The van der Waals surface area contributed by atoms with Crippen LogP contribution in [-0.4, -0.2) is 41.4 Å². The van der Waals surface area contributed by atoms with Crippen LogP contribution in [0, 0.1) is 5.82 Å². The fourth-order valence-electron chi connectivity index (χ4n) is 4.68. The molecule has 1 saturated heterocycles. The maximum atomic E-state index is 13.3. The van der Waals surface area contributed by atoms with E-state index >= 15 is 0 Å². The Kier molecular flexibility index (Phi) is 4.56. The van der Waals surface area contributed by atoms with Gasteiger partial charge in [0.25, 0.3) is 0 Å². The molecule has 7 heteroatoms. The molecule has 5 nitrogen and oxygen atoms in total. The lowest BCUT2D eigenvalue weighted by atomic mass is 9.94. The van der Waals surface area contributed by atoms with Gasteiger partial charge < -0.3 is 0 Å². The fourth-order valence-corrected chi connectivity index (χ4v) is 6.87. The summed E-state index contributed by atoms with van der Waals surface area (Å²) in [7, 11) is -3.34. The van der Waals surface area contributed by atoms with Gasteiger partial charge in [0.2, 0.25) is 0 Å². The van der Waals surface area contributed by atoms with E-state index in [9.17, 15) is 12.8 Å². The summed E-state index contributed by atoms with van der Waals surface area (Å²) >= 11 is 0. The molecule has 0 aliphatic carbocycles. The van der Waals surface area contributed by atoms with Gasteiger partial charge in [0, 0.05) is 43.4 Å². The number of hydrogen-bond acceptors (Lipinski definition) is 4. The SMILES string of the molecule is CC(C)n1cc(CN2C[C@@H]3[C@@H](C2)c2cc(-c4ccc(F)cc4)ccc2S3(=O)=O)cn1. The van der Waals surface area contributed by atoms with Gasteiger partial charge in [-0.2, -0.15) is 5.10 Å². The first-order chi connectivity index (χ1) is 14.3. The van der Waals surface area contributed by atoms with Crippen LogP contribution in [0.1, 0.15) is 36.9 Å². The first-order valence-corrected chi connectivity index (χ1v) is 11.8. The molecule has 0 bridgehead atoms. The van der Waals surface area contributed by atoms with Gasteiger partial charge >= 0.3 is 0 Å². The number of nitrogens with zero attached hydrogens (tertiary/aromatic N) is 3. The minimum Gasteiger partial charge on any atom is -0.297 e. The molecule has 1 aromatic heterocycles. The number of fused-ring (bicyclic) bond motifs is 3. The molecule has 0 spiro atoms. The molecule has 0 unspecified atom stereocenters. The van der Waals surface area contributed by atoms with Crippen molar-refractivity contribution in [2.75, 3.05) is 13.1 Å². The monoisotopic (exact) mass is 425 g/mol. The van der Waals surface area contributed by atoms with Crippen LogP contribution in [0.5, 0.6) is 0 Å². The highest BCUT2D eigenvalue weighted by molar-refractivity contribution is 7.92. The number of halogens is 1. The summed E-state index contributed by atoms with van der Waals surface area (Å²) < 4.78 is 41.5. The van der Waals surface area contributed by atoms with Crippen molar-refractivity contribution < 1.29 is 12.8 Å². The summed E-state index contributed by atoms with van der Waals surface area (Å²) in [6.45, 7) is 6.09. The van der Waals surface area contributed by atoms with Gasteiger partial charge in [0.1, 0.15) is 5.82 Å². The third-order valence-corrected chi connectivity index (χ3v) is 8.48. The first kappa shape index (κ1) is 19.5. The molecule has 156 valence electrons. The van der Waals surface area contributed by atoms with E-state index in [1.807, 2.05) is 29.2 Å². The smallest absolute Gasteiger partial charge is 0.183 e. The molecule has 0 saturated carbocycles. The van der Waals surface area contributed by atoms with Crippen molar-refractivity contribution in [1.82, 2.24) is 14.7 Å². The van der Waals surface area contributed by atoms with Crippen molar-refractivity contribution in [3.05, 3.63) is 71.8 Å². The van der Waals surface area contributed by atoms with E-state index in [-0.39, 0.29) is 11.7 Å². The lowest BCUT2D eigenvalue weighted by Crippen LogP contribution is -2.25. The van der Waals surface area contributed by atoms with Gasteiger partial charge in [-0.05, 0) is 54.8 Å². The van der Waals surface area contributed by atoms with E-state index in [1.165, 1.54) is 12.1 Å². The molecular formula is C23H24FN3O2S. The van der Waals surface area contributed by atoms with Crippen molar-refractivity contribution in [3.63, 3.8) is 0 Å². The average Bonchev–Trinajstić information content (AvgIpc) is 3.40. The van der Waals surface area contributed by atoms with Crippen LogP contribution in [0.25, 0.3) is 11.1 Å². The molecule has 3 aromatic rings. The van der Waals surface area contributed by atoms with E-state index in [1.54, 1.807) is 18.2 Å². The van der Waals surface area contributed by atoms with Gasteiger partial charge in [-0.1, -0.05) is 18.2 Å². The van der Waals surface area contributed by atoms with Gasteiger partial charge in [-0.3, -0.25) is 9.58 Å². The van der Waals surface area contributed by atoms with Gasteiger partial charge in [0.05, 0.1) is 16.3 Å². The third kappa shape index (κ3) is 3.17. The molecular weight excluding hydrogens is 401 g/mol. The average molecular weight is 426 g/mol. The lowest BCUT2D eigenvalue weighted by Gasteiger charge is -2.16. The van der Waals surface area contributed by atoms with E-state index in [0.717, 1.165) is 22.3 Å². The number of hydrogen-bond donors (Lipinski definition) is 0. The summed E-state index contributed by atoms with van der Waals surface area (Å²) in [5.74, 6) is -0.319. The Morgan fingerprint density at radius 2 is 1.83 bits per heavy atom. The Morgan fingerprint density at radius 1 is 1.10 bits per heavy atom. The van der Waals surface area contributed by atoms with Gasteiger partial charge in [0.15, 0.2) is 9.84 Å². The molecule has 2 aliphatic rings. The molecule has 1 fully saturated rings. The summed E-state index contributed by atoms with van der Waals surface area (Å²) in [5.41, 5.74) is 3.79. The van der Waals surface area contributed by atoms with E-state index in [4.69, 9.17) is 0 Å². The molecule has 0 N–H and O–H groups in total. The number of aromatic nitrogens is 2. The van der Waals surface area contributed by atoms with Crippen LogP contribution in [0.3, 0.4) is 0 Å². The molecule has 30 heavy (non-hydrogen) atoms. The molecule has 2 aliphatic heterocycles. The van der Waals surface area contributed by atoms with Gasteiger partial charge in [-0.25, -0.2) is 12.8 Å². The maximum absolute atomic E-state index is 13.3. The van der Waals surface area contributed by atoms with Crippen LogP contribution < -0.4 is 0 Å². The second-order valence-corrected chi connectivity index (χ2v) is 10.7. The lowest BCUT2D eigenvalue weighted by molar-refractivity contribution is 0.325. The second-order valence-electron chi connectivity index (χ2n) is 8.57. The number of rotatable bonds is 4. The second kappa shape index (κ2) is 7.03. The zero-order valence-electron chi connectivity index (χ0n) is 17.0.